The van der Waals surface area contributed by atoms with Crippen LogP contribution in [0.3, 0.4) is 0 Å². The molecule has 1 saturated heterocycles. The highest BCUT2D eigenvalue weighted by atomic mass is 16.6. The Balaban J connectivity index is 1.48. The summed E-state index contributed by atoms with van der Waals surface area (Å²) in [6.07, 6.45) is 3.25. The zero-order valence-electron chi connectivity index (χ0n) is 19.5. The Kier molecular flexibility index (Phi) is 6.50. The minimum Gasteiger partial charge on any atom is -0.471 e. The van der Waals surface area contributed by atoms with Crippen LogP contribution in [-0.4, -0.2) is 61.0 Å². The maximum atomic E-state index is 11.0. The third-order valence-corrected chi connectivity index (χ3v) is 6.63. The van der Waals surface area contributed by atoms with Gasteiger partial charge in [-0.2, -0.15) is 4.98 Å². The number of aliphatic hydroxyl groups excluding tert-OH is 1. The van der Waals surface area contributed by atoms with Gasteiger partial charge < -0.3 is 24.6 Å². The van der Waals surface area contributed by atoms with Gasteiger partial charge in [-0.15, -0.1) is 0 Å². The van der Waals surface area contributed by atoms with Gasteiger partial charge in [0.15, 0.2) is 17.4 Å². The van der Waals surface area contributed by atoms with E-state index >= 15 is 0 Å². The van der Waals surface area contributed by atoms with Crippen molar-refractivity contribution in [1.82, 2.24) is 19.5 Å². The van der Waals surface area contributed by atoms with Gasteiger partial charge >= 0.3 is 0 Å². The molecule has 1 aromatic carbocycles. The molecule has 2 aromatic heterocycles. The number of non-ortho nitro benzene ring substituents is 1. The van der Waals surface area contributed by atoms with Gasteiger partial charge in [-0.25, -0.2) is 9.97 Å². The number of aliphatic hydroxyl groups is 1. The van der Waals surface area contributed by atoms with Crippen LogP contribution in [0.4, 0.5) is 11.6 Å². The average molecular weight is 485 g/mol. The number of rotatable bonds is 8. The summed E-state index contributed by atoms with van der Waals surface area (Å²) >= 11 is 0. The van der Waals surface area contributed by atoms with Gasteiger partial charge in [-0.05, 0) is 37.5 Å². The number of nitrogens with one attached hydrogen (secondary N) is 1. The summed E-state index contributed by atoms with van der Waals surface area (Å²) in [5, 5.41) is 25.4. The highest BCUT2D eigenvalue weighted by Gasteiger charge is 2.44. The van der Waals surface area contributed by atoms with Crippen molar-refractivity contribution < 1.29 is 24.2 Å². The topological polar surface area (TPSA) is 147 Å². The molecule has 2 aliphatic rings. The number of ether oxygens (including phenoxy) is 3. The van der Waals surface area contributed by atoms with Gasteiger partial charge in [0.1, 0.15) is 25.1 Å². The first-order valence-electron chi connectivity index (χ1n) is 11.7. The van der Waals surface area contributed by atoms with E-state index in [9.17, 15) is 15.2 Å². The number of nitro benzene ring substituents is 1. The van der Waals surface area contributed by atoms with Crippen molar-refractivity contribution in [3.05, 3.63) is 46.3 Å². The van der Waals surface area contributed by atoms with Gasteiger partial charge in [0.2, 0.25) is 11.8 Å². The molecule has 2 fully saturated rings. The Hall–Kier alpha value is -3.35. The van der Waals surface area contributed by atoms with Crippen LogP contribution in [0.2, 0.25) is 0 Å². The Morgan fingerprint density at radius 2 is 2.00 bits per heavy atom. The van der Waals surface area contributed by atoms with E-state index in [4.69, 9.17) is 19.2 Å². The fourth-order valence-corrected chi connectivity index (χ4v) is 4.82. The molecule has 2 N–H and O–H groups in total. The third-order valence-electron chi connectivity index (χ3n) is 6.63. The smallest absolute Gasteiger partial charge is 0.269 e. The van der Waals surface area contributed by atoms with Gasteiger partial charge in [0.25, 0.3) is 5.69 Å². The number of anilines is 1. The summed E-state index contributed by atoms with van der Waals surface area (Å²) in [6.45, 7) is 2.00. The molecule has 1 aliphatic carbocycles. The lowest BCUT2D eigenvalue weighted by molar-refractivity contribution is -0.384. The van der Waals surface area contributed by atoms with Crippen LogP contribution < -0.4 is 10.1 Å². The van der Waals surface area contributed by atoms with E-state index in [1.165, 1.54) is 18.5 Å². The lowest BCUT2D eigenvalue weighted by atomic mass is 10.1. The lowest BCUT2D eigenvalue weighted by Crippen LogP contribution is -2.33. The SMILES string of the molecule is CO[C@H]1[C@@H](O)[C@H](n2c(NC3CCCC3)nc3c(OCc4ccc([N+](=O)[O-])cc4)ncnc32)O[C@@H]1C. The molecule has 0 radical (unpaired) electrons. The number of nitrogens with zero attached hydrogens (tertiary/aromatic N) is 5. The first kappa shape index (κ1) is 23.4. The quantitative estimate of drug-likeness (QED) is 0.361. The van der Waals surface area contributed by atoms with E-state index in [0.717, 1.165) is 31.2 Å². The molecule has 3 heterocycles. The number of fused-ring (bicyclic) bond motifs is 1. The largest absolute Gasteiger partial charge is 0.471 e. The van der Waals surface area contributed by atoms with Crippen LogP contribution >= 0.6 is 0 Å². The van der Waals surface area contributed by atoms with Crippen LogP contribution in [0.25, 0.3) is 11.2 Å². The number of aromatic nitrogens is 4. The summed E-state index contributed by atoms with van der Waals surface area (Å²) < 4.78 is 19.2. The van der Waals surface area contributed by atoms with Gasteiger partial charge in [-0.1, -0.05) is 12.8 Å². The van der Waals surface area contributed by atoms with Crippen LogP contribution in [0.15, 0.2) is 30.6 Å². The highest BCUT2D eigenvalue weighted by Crippen LogP contribution is 2.37. The van der Waals surface area contributed by atoms with Crippen molar-refractivity contribution >= 4 is 22.8 Å². The summed E-state index contributed by atoms with van der Waals surface area (Å²) in [6, 6.07) is 6.39. The van der Waals surface area contributed by atoms with Crippen LogP contribution in [0, 0.1) is 10.1 Å². The predicted octanol–water partition coefficient (Wildman–Crippen LogP) is 2.96. The second-order valence-corrected chi connectivity index (χ2v) is 8.92. The maximum absolute atomic E-state index is 11.0. The number of imidazole rings is 1. The second-order valence-electron chi connectivity index (χ2n) is 8.92. The molecule has 0 bridgehead atoms. The standard InChI is InChI=1S/C23H28N6O6/c1-13-19(33-2)18(30)22(35-13)28-20-17(27-23(28)26-15-5-3-4-6-15)21(25-12-24-20)34-11-14-7-9-16(10-8-14)29(31)32/h7-10,12-13,15,18-19,22,30H,3-6,11H2,1-2H3,(H,26,27)/t13-,18-,19-,22-/m1/s1. The zero-order chi connectivity index (χ0) is 24.5. The third kappa shape index (κ3) is 4.51. The minimum atomic E-state index is -0.920. The molecule has 5 rings (SSSR count). The molecule has 12 nitrogen and oxygen atoms in total. The second kappa shape index (κ2) is 9.72. The number of nitro groups is 1. The number of hydrogen-bond donors (Lipinski definition) is 2. The van der Waals surface area contributed by atoms with E-state index < -0.39 is 23.4 Å². The Morgan fingerprint density at radius 1 is 1.26 bits per heavy atom. The molecule has 4 atom stereocenters. The van der Waals surface area contributed by atoms with Gasteiger partial charge in [0, 0.05) is 25.3 Å². The number of methoxy groups -OCH3 is 1. The van der Waals surface area contributed by atoms with Crippen molar-refractivity contribution in [3.63, 3.8) is 0 Å². The first-order chi connectivity index (χ1) is 17.0. The molecule has 35 heavy (non-hydrogen) atoms. The molecule has 1 aliphatic heterocycles. The summed E-state index contributed by atoms with van der Waals surface area (Å²) in [7, 11) is 1.55. The van der Waals surface area contributed by atoms with E-state index in [1.807, 2.05) is 6.92 Å². The average Bonchev–Trinajstić information content (AvgIpc) is 3.56. The summed E-state index contributed by atoms with van der Waals surface area (Å²) in [5.41, 5.74) is 1.65. The molecule has 1 saturated carbocycles. The van der Waals surface area contributed by atoms with E-state index in [2.05, 4.69) is 15.3 Å². The van der Waals surface area contributed by atoms with Crippen LogP contribution in [-0.2, 0) is 16.1 Å². The Morgan fingerprint density at radius 3 is 2.66 bits per heavy atom. The molecular formula is C23H28N6O6. The fraction of sp³-hybridized carbons (Fsp3) is 0.522. The molecule has 0 spiro atoms. The summed E-state index contributed by atoms with van der Waals surface area (Å²) in [4.78, 5) is 23.9. The van der Waals surface area contributed by atoms with E-state index in [0.29, 0.717) is 17.1 Å². The molecular weight excluding hydrogens is 456 g/mol. The molecule has 186 valence electrons. The molecule has 3 aromatic rings. The number of hydrogen-bond acceptors (Lipinski definition) is 10. The molecule has 0 unspecified atom stereocenters. The fourth-order valence-electron chi connectivity index (χ4n) is 4.82. The Bertz CT molecular complexity index is 1200. The first-order valence-corrected chi connectivity index (χ1v) is 11.7. The number of benzene rings is 1. The van der Waals surface area contributed by atoms with Crippen LogP contribution in [0.1, 0.15) is 44.4 Å². The maximum Gasteiger partial charge on any atom is 0.269 e. The predicted molar refractivity (Wildman–Crippen MR) is 125 cm³/mol. The lowest BCUT2D eigenvalue weighted by Gasteiger charge is -2.22. The minimum absolute atomic E-state index is 0.0123. The molecule has 12 heteroatoms. The zero-order valence-corrected chi connectivity index (χ0v) is 19.5. The van der Waals surface area contributed by atoms with Crippen molar-refractivity contribution in [2.75, 3.05) is 12.4 Å². The van der Waals surface area contributed by atoms with Gasteiger partial charge in [0.05, 0.1) is 11.0 Å². The van der Waals surface area contributed by atoms with Crippen LogP contribution in [0.5, 0.6) is 5.88 Å². The van der Waals surface area contributed by atoms with Crippen molar-refractivity contribution in [2.45, 2.75) is 69.8 Å². The van der Waals surface area contributed by atoms with E-state index in [-0.39, 0.29) is 30.3 Å². The normalized spacial score (nSPS) is 24.8. The van der Waals surface area contributed by atoms with Gasteiger partial charge in [-0.3, -0.25) is 14.7 Å². The van der Waals surface area contributed by atoms with E-state index in [1.54, 1.807) is 23.8 Å². The van der Waals surface area contributed by atoms with Crippen molar-refractivity contribution in [3.8, 4) is 5.88 Å². The monoisotopic (exact) mass is 484 g/mol. The summed E-state index contributed by atoms with van der Waals surface area (Å²) in [5.74, 6) is 0.797. The van der Waals surface area contributed by atoms with Crippen molar-refractivity contribution in [1.29, 1.82) is 0 Å². The highest BCUT2D eigenvalue weighted by molar-refractivity contribution is 5.79. The Labute approximate surface area is 201 Å². The molecule has 0 amide bonds. The van der Waals surface area contributed by atoms with Crippen molar-refractivity contribution in [2.24, 2.45) is 0 Å².